The predicted octanol–water partition coefficient (Wildman–Crippen LogP) is 3.97. The molecule has 0 saturated heterocycles. The maximum Gasteiger partial charge on any atom is 0.212 e. The molecule has 1 aliphatic rings. The predicted molar refractivity (Wildman–Crippen MR) is 101 cm³/mol. The molecular formula is C20H17NO4S. The van der Waals surface area contributed by atoms with Gasteiger partial charge in [-0.2, -0.15) is 0 Å². The fraction of sp³-hybridized carbons (Fsp3) is 0.150. The molecule has 5 nitrogen and oxygen atoms in total. The first kappa shape index (κ1) is 17.8. The van der Waals surface area contributed by atoms with E-state index in [0.29, 0.717) is 17.5 Å². The topological polar surface area (TPSA) is 65.5 Å². The van der Waals surface area contributed by atoms with Crippen LogP contribution in [0.15, 0.2) is 54.0 Å². The van der Waals surface area contributed by atoms with E-state index in [1.165, 1.54) is 37.7 Å². The van der Waals surface area contributed by atoms with Crippen molar-refractivity contribution in [3.63, 3.8) is 0 Å². The zero-order valence-corrected chi connectivity index (χ0v) is 15.2. The van der Waals surface area contributed by atoms with Crippen molar-refractivity contribution in [1.29, 1.82) is 0 Å². The fourth-order valence-electron chi connectivity index (χ4n) is 2.69. The van der Waals surface area contributed by atoms with Gasteiger partial charge in [0.2, 0.25) is 5.78 Å². The van der Waals surface area contributed by atoms with Crippen molar-refractivity contribution in [3.8, 4) is 11.5 Å². The summed E-state index contributed by atoms with van der Waals surface area (Å²) in [6.45, 7) is 4.03. The third-order valence-corrected chi connectivity index (χ3v) is 5.00. The molecule has 1 aromatic heterocycles. The number of aldehydes is 1. The lowest BCUT2D eigenvalue weighted by molar-refractivity contribution is 0.103. The highest BCUT2D eigenvalue weighted by atomic mass is 32.1. The van der Waals surface area contributed by atoms with Crippen LogP contribution in [0.25, 0.3) is 0 Å². The molecule has 0 saturated carbocycles. The van der Waals surface area contributed by atoms with Crippen LogP contribution >= 0.6 is 11.3 Å². The van der Waals surface area contributed by atoms with E-state index in [9.17, 15) is 9.59 Å². The monoisotopic (exact) mass is 367 g/mol. The second-order valence-corrected chi connectivity index (χ2v) is 6.50. The number of nitrogens with zero attached hydrogens (tertiary/aromatic N) is 1. The Morgan fingerprint density at radius 3 is 2.50 bits per heavy atom. The van der Waals surface area contributed by atoms with Gasteiger partial charge in [0.25, 0.3) is 0 Å². The highest BCUT2D eigenvalue weighted by molar-refractivity contribution is 7.10. The second kappa shape index (κ2) is 7.49. The number of thiazole rings is 1. The molecule has 0 aliphatic heterocycles. The summed E-state index contributed by atoms with van der Waals surface area (Å²) in [5, 5.41) is 2.53. The van der Waals surface area contributed by atoms with Crippen molar-refractivity contribution < 1.29 is 19.1 Å². The first-order chi connectivity index (χ1) is 12.6. The number of benzene rings is 1. The van der Waals surface area contributed by atoms with Gasteiger partial charge in [0.1, 0.15) is 22.2 Å². The van der Waals surface area contributed by atoms with Gasteiger partial charge >= 0.3 is 0 Å². The standard InChI is InChI=1S/C20H17NO4S/c1-12-6-4-5-7-14(12)20-21-16(11-26-20)19(23)13-8-17(24-2)15(10-22)18(9-13)25-3/h4-11,14H,1H2,2-3H3. The lowest BCUT2D eigenvalue weighted by Crippen LogP contribution is -2.06. The molecule has 132 valence electrons. The van der Waals surface area contributed by atoms with Crippen molar-refractivity contribution in [3.05, 3.63) is 75.8 Å². The van der Waals surface area contributed by atoms with Crippen LogP contribution in [-0.2, 0) is 0 Å². The van der Waals surface area contributed by atoms with E-state index >= 15 is 0 Å². The zero-order chi connectivity index (χ0) is 18.7. The van der Waals surface area contributed by atoms with E-state index in [-0.39, 0.29) is 28.8 Å². The highest BCUT2D eigenvalue weighted by Crippen LogP contribution is 2.33. The molecule has 1 heterocycles. The average Bonchev–Trinajstić information content (AvgIpc) is 3.16. The Bertz CT molecular complexity index is 914. The molecule has 26 heavy (non-hydrogen) atoms. The zero-order valence-electron chi connectivity index (χ0n) is 14.4. The number of carbonyl (C=O) groups excluding carboxylic acids is 2. The lowest BCUT2D eigenvalue weighted by atomic mass is 9.97. The third-order valence-electron chi connectivity index (χ3n) is 4.07. The van der Waals surface area contributed by atoms with Gasteiger partial charge in [0, 0.05) is 10.9 Å². The Hall–Kier alpha value is -2.99. The molecular weight excluding hydrogens is 350 g/mol. The van der Waals surface area contributed by atoms with Crippen LogP contribution in [0, 0.1) is 0 Å². The summed E-state index contributed by atoms with van der Waals surface area (Å²) in [6, 6.07) is 3.05. The molecule has 0 fully saturated rings. The Morgan fingerprint density at radius 2 is 1.92 bits per heavy atom. The average molecular weight is 367 g/mol. The molecule has 6 heteroatoms. The van der Waals surface area contributed by atoms with Crippen LogP contribution in [0.2, 0.25) is 0 Å². The summed E-state index contributed by atoms with van der Waals surface area (Å²) < 4.78 is 10.4. The van der Waals surface area contributed by atoms with Gasteiger partial charge < -0.3 is 9.47 Å². The molecule has 0 amide bonds. The SMILES string of the molecule is C=C1C=CC=CC1c1nc(C(=O)c2cc(OC)c(C=O)c(OC)c2)cs1. The molecule has 0 N–H and O–H groups in total. The normalized spacial score (nSPS) is 15.8. The molecule has 1 unspecified atom stereocenters. The van der Waals surface area contributed by atoms with Gasteiger partial charge in [-0.1, -0.05) is 30.9 Å². The highest BCUT2D eigenvalue weighted by Gasteiger charge is 2.22. The van der Waals surface area contributed by atoms with Gasteiger partial charge in [-0.15, -0.1) is 11.3 Å². The van der Waals surface area contributed by atoms with Crippen molar-refractivity contribution in [2.75, 3.05) is 14.2 Å². The minimum absolute atomic E-state index is 0.0203. The number of aromatic nitrogens is 1. The second-order valence-electron chi connectivity index (χ2n) is 5.61. The molecule has 0 bridgehead atoms. The Balaban J connectivity index is 1.95. The summed E-state index contributed by atoms with van der Waals surface area (Å²) in [4.78, 5) is 28.6. The molecule has 1 aromatic carbocycles. The van der Waals surface area contributed by atoms with E-state index in [4.69, 9.17) is 9.47 Å². The van der Waals surface area contributed by atoms with Crippen LogP contribution in [-0.4, -0.2) is 31.3 Å². The third kappa shape index (κ3) is 3.23. The fourth-order valence-corrected chi connectivity index (χ4v) is 3.61. The molecule has 0 spiro atoms. The van der Waals surface area contributed by atoms with Crippen LogP contribution < -0.4 is 9.47 Å². The molecule has 3 rings (SSSR count). The van der Waals surface area contributed by atoms with Gasteiger partial charge in [0.15, 0.2) is 6.29 Å². The maximum absolute atomic E-state index is 12.9. The van der Waals surface area contributed by atoms with Crippen molar-refractivity contribution in [2.24, 2.45) is 0 Å². The molecule has 0 radical (unpaired) electrons. The minimum Gasteiger partial charge on any atom is -0.496 e. The first-order valence-corrected chi connectivity index (χ1v) is 8.72. The van der Waals surface area contributed by atoms with Gasteiger partial charge in [-0.3, -0.25) is 9.59 Å². The number of ketones is 1. The van der Waals surface area contributed by atoms with Crippen molar-refractivity contribution in [1.82, 2.24) is 4.98 Å². The Labute approximate surface area is 155 Å². The number of ether oxygens (including phenoxy) is 2. The van der Waals surface area contributed by atoms with Crippen molar-refractivity contribution in [2.45, 2.75) is 5.92 Å². The van der Waals surface area contributed by atoms with Gasteiger partial charge in [0.05, 0.1) is 25.7 Å². The minimum atomic E-state index is -0.262. The largest absolute Gasteiger partial charge is 0.496 e. The Kier molecular flexibility index (Phi) is 5.14. The van der Waals surface area contributed by atoms with E-state index in [1.807, 2.05) is 24.3 Å². The first-order valence-electron chi connectivity index (χ1n) is 7.84. The number of rotatable bonds is 6. The van der Waals surface area contributed by atoms with Gasteiger partial charge in [-0.05, 0) is 17.7 Å². The number of hydrogen-bond acceptors (Lipinski definition) is 6. The van der Waals surface area contributed by atoms with E-state index in [0.717, 1.165) is 10.6 Å². The summed E-state index contributed by atoms with van der Waals surface area (Å²) in [7, 11) is 2.87. The van der Waals surface area contributed by atoms with E-state index in [1.54, 1.807) is 5.38 Å². The number of hydrogen-bond donors (Lipinski definition) is 0. The maximum atomic E-state index is 12.9. The van der Waals surface area contributed by atoms with Crippen LogP contribution in [0.3, 0.4) is 0 Å². The summed E-state index contributed by atoms with van der Waals surface area (Å²) >= 11 is 1.41. The van der Waals surface area contributed by atoms with Crippen LogP contribution in [0.1, 0.15) is 37.3 Å². The van der Waals surface area contributed by atoms with Gasteiger partial charge in [-0.25, -0.2) is 4.98 Å². The van der Waals surface area contributed by atoms with Crippen LogP contribution in [0.4, 0.5) is 0 Å². The number of allylic oxidation sites excluding steroid dienone is 5. The number of carbonyl (C=O) groups is 2. The Morgan fingerprint density at radius 1 is 1.23 bits per heavy atom. The summed E-state index contributed by atoms with van der Waals surface area (Å²) in [5.41, 5.74) is 1.88. The van der Waals surface area contributed by atoms with E-state index < -0.39 is 0 Å². The van der Waals surface area contributed by atoms with Crippen LogP contribution in [0.5, 0.6) is 11.5 Å². The van der Waals surface area contributed by atoms with E-state index in [2.05, 4.69) is 11.6 Å². The summed E-state index contributed by atoms with van der Waals surface area (Å²) in [5.74, 6) is 0.286. The molecule has 1 aliphatic carbocycles. The quantitative estimate of drug-likeness (QED) is 0.571. The number of methoxy groups -OCH3 is 2. The molecule has 2 aromatic rings. The molecule has 1 atom stereocenters. The lowest BCUT2D eigenvalue weighted by Gasteiger charge is -2.12. The smallest absolute Gasteiger partial charge is 0.212 e. The summed E-state index contributed by atoms with van der Waals surface area (Å²) in [6.07, 6.45) is 8.44. The van der Waals surface area contributed by atoms with Crippen molar-refractivity contribution >= 4 is 23.4 Å².